The van der Waals surface area contributed by atoms with Crippen LogP contribution in [0.2, 0.25) is 0 Å². The maximum absolute atomic E-state index is 12.3. The molecule has 0 spiro atoms. The van der Waals surface area contributed by atoms with E-state index in [0.717, 1.165) is 11.9 Å². The van der Waals surface area contributed by atoms with E-state index in [9.17, 15) is 9.59 Å². The lowest BCUT2D eigenvalue weighted by Gasteiger charge is -2.13. The highest BCUT2D eigenvalue weighted by Gasteiger charge is 2.08. The molecule has 2 aromatic carbocycles. The van der Waals surface area contributed by atoms with Gasteiger partial charge in [-0.15, -0.1) is 0 Å². The fourth-order valence-corrected chi connectivity index (χ4v) is 3.54. The zero-order valence-corrected chi connectivity index (χ0v) is 15.5. The van der Waals surface area contributed by atoms with Crippen LogP contribution in [0.25, 0.3) is 10.9 Å². The lowest BCUT2D eigenvalue weighted by molar-refractivity contribution is -0.121. The maximum Gasteiger partial charge on any atom is 0.239 e. The fraction of sp³-hybridized carbons (Fsp3) is 0.273. The molecule has 0 saturated heterocycles. The Morgan fingerprint density at radius 3 is 2.46 bits per heavy atom. The van der Waals surface area contributed by atoms with Crippen molar-refractivity contribution in [1.82, 2.24) is 9.88 Å². The van der Waals surface area contributed by atoms with Crippen molar-refractivity contribution >= 4 is 16.8 Å². The first-order chi connectivity index (χ1) is 12.5. The Bertz CT molecular complexity index is 995. The number of fused-ring (bicyclic) bond motifs is 1. The molecule has 0 bridgehead atoms. The normalized spacial score (nSPS) is 10.9. The third-order valence-corrected chi connectivity index (χ3v) is 4.74. The van der Waals surface area contributed by atoms with Crippen molar-refractivity contribution in [3.63, 3.8) is 0 Å². The number of carbonyl (C=O) groups is 1. The first kappa shape index (κ1) is 17.9. The van der Waals surface area contributed by atoms with Gasteiger partial charge in [0, 0.05) is 24.2 Å². The Morgan fingerprint density at radius 1 is 1.04 bits per heavy atom. The van der Waals surface area contributed by atoms with Crippen LogP contribution in [0.5, 0.6) is 0 Å². The van der Waals surface area contributed by atoms with E-state index in [1.807, 2.05) is 22.8 Å². The van der Waals surface area contributed by atoms with Crippen molar-refractivity contribution in [2.24, 2.45) is 0 Å². The molecule has 0 aliphatic heterocycles. The minimum Gasteiger partial charge on any atom is -0.354 e. The number of pyridine rings is 1. The van der Waals surface area contributed by atoms with Gasteiger partial charge in [-0.25, -0.2) is 0 Å². The molecule has 134 valence electrons. The number of hydrogen-bond donors (Lipinski definition) is 1. The molecule has 26 heavy (non-hydrogen) atoms. The van der Waals surface area contributed by atoms with E-state index in [2.05, 4.69) is 38.2 Å². The number of hydrogen-bond acceptors (Lipinski definition) is 2. The van der Waals surface area contributed by atoms with Gasteiger partial charge in [0.2, 0.25) is 5.91 Å². The number of nitrogens with zero attached hydrogens (tertiary/aromatic N) is 1. The van der Waals surface area contributed by atoms with Crippen molar-refractivity contribution in [2.75, 3.05) is 6.54 Å². The third kappa shape index (κ3) is 3.85. The average molecular weight is 348 g/mol. The number of rotatable bonds is 5. The number of aryl methyl sites for hydroxylation is 3. The number of benzene rings is 2. The predicted octanol–water partition coefficient (Wildman–Crippen LogP) is 3.29. The Hall–Kier alpha value is -2.88. The first-order valence-corrected chi connectivity index (χ1v) is 8.87. The quantitative estimate of drug-likeness (QED) is 0.769. The summed E-state index contributed by atoms with van der Waals surface area (Å²) >= 11 is 0. The highest BCUT2D eigenvalue weighted by Crippen LogP contribution is 2.16. The Balaban J connectivity index is 1.66. The van der Waals surface area contributed by atoms with Crippen molar-refractivity contribution in [1.29, 1.82) is 0 Å². The van der Waals surface area contributed by atoms with Gasteiger partial charge in [0.25, 0.3) is 0 Å². The number of carbonyl (C=O) groups excluding carboxylic acids is 1. The molecule has 1 amide bonds. The second-order valence-corrected chi connectivity index (χ2v) is 6.80. The van der Waals surface area contributed by atoms with Crippen LogP contribution in [0.1, 0.15) is 22.3 Å². The molecule has 0 fully saturated rings. The molecule has 0 aliphatic carbocycles. The van der Waals surface area contributed by atoms with E-state index >= 15 is 0 Å². The van der Waals surface area contributed by atoms with E-state index < -0.39 is 0 Å². The lowest BCUT2D eigenvalue weighted by Crippen LogP contribution is -2.30. The zero-order chi connectivity index (χ0) is 18.7. The van der Waals surface area contributed by atoms with Crippen LogP contribution in [0, 0.1) is 20.8 Å². The summed E-state index contributed by atoms with van der Waals surface area (Å²) in [6.07, 6.45) is 2.49. The van der Waals surface area contributed by atoms with E-state index in [1.54, 1.807) is 12.3 Å². The molecule has 1 aromatic heterocycles. The van der Waals surface area contributed by atoms with Crippen LogP contribution in [0.15, 0.2) is 53.5 Å². The van der Waals surface area contributed by atoms with Crippen LogP contribution in [-0.4, -0.2) is 17.0 Å². The summed E-state index contributed by atoms with van der Waals surface area (Å²) in [7, 11) is 0. The summed E-state index contributed by atoms with van der Waals surface area (Å²) in [5, 5.41) is 3.62. The molecule has 0 unspecified atom stereocenters. The molecular weight excluding hydrogens is 324 g/mol. The largest absolute Gasteiger partial charge is 0.354 e. The van der Waals surface area contributed by atoms with Crippen molar-refractivity contribution in [3.05, 3.63) is 81.1 Å². The van der Waals surface area contributed by atoms with Crippen LogP contribution in [0.4, 0.5) is 0 Å². The first-order valence-electron chi connectivity index (χ1n) is 8.87. The highest BCUT2D eigenvalue weighted by atomic mass is 16.2. The van der Waals surface area contributed by atoms with Gasteiger partial charge in [0.1, 0.15) is 6.54 Å². The van der Waals surface area contributed by atoms with Crippen molar-refractivity contribution < 1.29 is 4.79 Å². The summed E-state index contributed by atoms with van der Waals surface area (Å²) in [6, 6.07) is 13.2. The Labute approximate surface area is 153 Å². The summed E-state index contributed by atoms with van der Waals surface area (Å²) in [6.45, 7) is 7.13. The number of amides is 1. The van der Waals surface area contributed by atoms with E-state index in [1.165, 1.54) is 28.3 Å². The second kappa shape index (κ2) is 7.56. The van der Waals surface area contributed by atoms with Gasteiger partial charge in [-0.3, -0.25) is 9.59 Å². The van der Waals surface area contributed by atoms with Crippen LogP contribution >= 0.6 is 0 Å². The van der Waals surface area contributed by atoms with Gasteiger partial charge >= 0.3 is 0 Å². The molecular formula is C22H24N2O2. The molecule has 3 rings (SSSR count). The molecule has 0 atom stereocenters. The fourth-order valence-electron chi connectivity index (χ4n) is 3.54. The molecule has 0 saturated carbocycles. The second-order valence-electron chi connectivity index (χ2n) is 6.80. The van der Waals surface area contributed by atoms with Gasteiger partial charge in [-0.05, 0) is 56.0 Å². The molecule has 4 heteroatoms. The third-order valence-electron chi connectivity index (χ3n) is 4.74. The molecule has 4 nitrogen and oxygen atoms in total. The molecule has 0 aliphatic rings. The summed E-state index contributed by atoms with van der Waals surface area (Å²) in [5.41, 5.74) is 5.84. The van der Waals surface area contributed by atoms with E-state index in [-0.39, 0.29) is 17.9 Å². The topological polar surface area (TPSA) is 51.1 Å². The molecule has 3 aromatic rings. The summed E-state index contributed by atoms with van der Waals surface area (Å²) < 4.78 is 1.81. The van der Waals surface area contributed by atoms with E-state index in [4.69, 9.17) is 0 Å². The SMILES string of the molecule is Cc1cc(C)c(CCNC(=O)Cn2ccc(=O)c3ccccc32)c(C)c1. The van der Waals surface area contributed by atoms with E-state index in [0.29, 0.717) is 11.9 Å². The number of aromatic nitrogens is 1. The summed E-state index contributed by atoms with van der Waals surface area (Å²) in [4.78, 5) is 24.3. The standard InChI is InChI=1S/C22H24N2O2/c1-15-12-16(2)18(17(3)13-15)8-10-23-22(26)14-24-11-9-21(25)19-6-4-5-7-20(19)24/h4-7,9,11-13H,8,10,14H2,1-3H3,(H,23,26). The Morgan fingerprint density at radius 2 is 1.73 bits per heavy atom. The van der Waals surface area contributed by atoms with Gasteiger partial charge in [-0.1, -0.05) is 29.8 Å². The monoisotopic (exact) mass is 348 g/mol. The highest BCUT2D eigenvalue weighted by molar-refractivity contribution is 5.82. The van der Waals surface area contributed by atoms with Crippen LogP contribution < -0.4 is 10.7 Å². The number of nitrogens with one attached hydrogen (secondary N) is 1. The average Bonchev–Trinajstić information content (AvgIpc) is 2.60. The van der Waals surface area contributed by atoms with Gasteiger partial charge in [-0.2, -0.15) is 0 Å². The molecule has 0 radical (unpaired) electrons. The van der Waals surface area contributed by atoms with Crippen molar-refractivity contribution in [3.8, 4) is 0 Å². The summed E-state index contributed by atoms with van der Waals surface area (Å²) in [5.74, 6) is -0.0544. The zero-order valence-electron chi connectivity index (χ0n) is 15.5. The minimum atomic E-state index is -0.0544. The van der Waals surface area contributed by atoms with Gasteiger partial charge in [0.15, 0.2) is 5.43 Å². The predicted molar refractivity (Wildman–Crippen MR) is 106 cm³/mol. The molecule has 1 heterocycles. The number of para-hydroxylation sites is 1. The maximum atomic E-state index is 12.3. The van der Waals surface area contributed by atoms with Gasteiger partial charge < -0.3 is 9.88 Å². The lowest BCUT2D eigenvalue weighted by atomic mass is 9.97. The minimum absolute atomic E-state index is 0.0254. The van der Waals surface area contributed by atoms with Crippen molar-refractivity contribution in [2.45, 2.75) is 33.7 Å². The van der Waals surface area contributed by atoms with Crippen LogP contribution in [0.3, 0.4) is 0 Å². The van der Waals surface area contributed by atoms with Gasteiger partial charge in [0.05, 0.1) is 5.52 Å². The van der Waals surface area contributed by atoms with Crippen LogP contribution in [-0.2, 0) is 17.8 Å². The Kier molecular flexibility index (Phi) is 5.21. The smallest absolute Gasteiger partial charge is 0.239 e. The molecule has 1 N–H and O–H groups in total.